The fraction of sp³-hybridized carbons (Fsp3) is 0.417. The van der Waals surface area contributed by atoms with Crippen LogP contribution in [0, 0.1) is 0 Å². The molecule has 0 aromatic carbocycles. The molecule has 0 fully saturated rings. The van der Waals surface area contributed by atoms with Crippen LogP contribution in [0.15, 0.2) is 26.9 Å². The number of hydrogen-bond donors (Lipinski definition) is 2. The first-order valence-corrected chi connectivity index (χ1v) is 7.02. The van der Waals surface area contributed by atoms with Crippen molar-refractivity contribution in [1.82, 2.24) is 19.1 Å². The monoisotopic (exact) mass is 296 g/mol. The van der Waals surface area contributed by atoms with Crippen LogP contribution in [0.1, 0.15) is 6.92 Å². The molecule has 0 amide bonds. The summed E-state index contributed by atoms with van der Waals surface area (Å²) in [6.45, 7) is 6.14. The van der Waals surface area contributed by atoms with Crippen molar-refractivity contribution in [3.8, 4) is 0 Å². The van der Waals surface area contributed by atoms with Crippen LogP contribution >= 0.6 is 11.8 Å². The molecule has 20 heavy (non-hydrogen) atoms. The molecule has 2 heterocycles. The summed E-state index contributed by atoms with van der Waals surface area (Å²) in [5.74, 6) is 0.464. The van der Waals surface area contributed by atoms with E-state index in [0.717, 1.165) is 5.57 Å². The van der Waals surface area contributed by atoms with Crippen LogP contribution in [0.5, 0.6) is 0 Å². The number of imidazole rings is 1. The second-order valence-electron chi connectivity index (χ2n) is 4.50. The molecule has 8 heteroatoms. The molecule has 0 saturated heterocycles. The van der Waals surface area contributed by atoms with Crippen molar-refractivity contribution in [2.45, 2.75) is 18.6 Å². The summed E-state index contributed by atoms with van der Waals surface area (Å²) in [6.07, 6.45) is 0. The summed E-state index contributed by atoms with van der Waals surface area (Å²) in [5, 5.41) is 9.52. The second-order valence-corrected chi connectivity index (χ2v) is 5.56. The molecule has 0 radical (unpaired) electrons. The van der Waals surface area contributed by atoms with Gasteiger partial charge in [-0.3, -0.25) is 14.3 Å². The molecule has 108 valence electrons. The van der Waals surface area contributed by atoms with Gasteiger partial charge in [-0.25, -0.2) is 9.78 Å². The lowest BCUT2D eigenvalue weighted by Gasteiger charge is -2.07. The van der Waals surface area contributed by atoms with Crippen molar-refractivity contribution in [3.05, 3.63) is 33.0 Å². The number of nitrogens with one attached hydrogen (secondary N) is 1. The van der Waals surface area contributed by atoms with Gasteiger partial charge in [0, 0.05) is 19.3 Å². The number of allylic oxidation sites excluding steroid dienone is 1. The van der Waals surface area contributed by atoms with Gasteiger partial charge in [-0.2, -0.15) is 0 Å². The molecule has 0 aliphatic heterocycles. The number of aromatic nitrogens is 4. The Morgan fingerprint density at radius 1 is 1.50 bits per heavy atom. The average molecular weight is 296 g/mol. The SMILES string of the molecule is C=C(C)Cn1c(SCCO)nc2c1c(=O)[nH]c(=O)n2C. The molecule has 2 aromatic rings. The summed E-state index contributed by atoms with van der Waals surface area (Å²) in [5.41, 5.74) is 0.577. The van der Waals surface area contributed by atoms with Crippen LogP contribution in [0.2, 0.25) is 0 Å². The van der Waals surface area contributed by atoms with Gasteiger partial charge >= 0.3 is 5.69 Å². The maximum Gasteiger partial charge on any atom is 0.329 e. The number of aryl methyl sites for hydroxylation is 1. The van der Waals surface area contributed by atoms with Crippen molar-refractivity contribution in [3.63, 3.8) is 0 Å². The highest BCUT2D eigenvalue weighted by Crippen LogP contribution is 2.21. The lowest BCUT2D eigenvalue weighted by molar-refractivity contribution is 0.322. The highest BCUT2D eigenvalue weighted by Gasteiger charge is 2.17. The van der Waals surface area contributed by atoms with Crippen LogP contribution in [-0.4, -0.2) is 36.6 Å². The molecule has 0 atom stereocenters. The third-order valence-corrected chi connectivity index (χ3v) is 3.68. The molecule has 0 aliphatic rings. The third kappa shape index (κ3) is 2.56. The average Bonchev–Trinajstić information content (AvgIpc) is 2.72. The Morgan fingerprint density at radius 3 is 2.80 bits per heavy atom. The summed E-state index contributed by atoms with van der Waals surface area (Å²) in [7, 11) is 1.55. The van der Waals surface area contributed by atoms with E-state index in [1.54, 1.807) is 11.6 Å². The normalized spacial score (nSPS) is 11.2. The van der Waals surface area contributed by atoms with E-state index < -0.39 is 11.2 Å². The van der Waals surface area contributed by atoms with E-state index in [0.29, 0.717) is 28.6 Å². The van der Waals surface area contributed by atoms with E-state index in [1.807, 2.05) is 6.92 Å². The Morgan fingerprint density at radius 2 is 2.20 bits per heavy atom. The van der Waals surface area contributed by atoms with Crippen molar-refractivity contribution in [1.29, 1.82) is 0 Å². The van der Waals surface area contributed by atoms with Crippen molar-refractivity contribution in [2.24, 2.45) is 7.05 Å². The molecule has 0 aliphatic carbocycles. The predicted octanol–water partition coefficient (Wildman–Crippen LogP) is 0.0838. The van der Waals surface area contributed by atoms with Crippen molar-refractivity contribution >= 4 is 22.9 Å². The van der Waals surface area contributed by atoms with Crippen LogP contribution in [0.4, 0.5) is 0 Å². The fourth-order valence-electron chi connectivity index (χ4n) is 1.88. The molecule has 2 aromatic heterocycles. The summed E-state index contributed by atoms with van der Waals surface area (Å²) >= 11 is 1.33. The van der Waals surface area contributed by atoms with E-state index >= 15 is 0 Å². The van der Waals surface area contributed by atoms with Gasteiger partial charge in [-0.05, 0) is 6.92 Å². The summed E-state index contributed by atoms with van der Waals surface area (Å²) in [4.78, 5) is 30.2. The van der Waals surface area contributed by atoms with Crippen LogP contribution in [0.25, 0.3) is 11.2 Å². The molecular weight excluding hydrogens is 280 g/mol. The zero-order valence-corrected chi connectivity index (χ0v) is 12.2. The minimum absolute atomic E-state index is 0.0101. The number of thioether (sulfide) groups is 1. The number of aliphatic hydroxyl groups excluding tert-OH is 1. The molecule has 2 N–H and O–H groups in total. The molecule has 7 nitrogen and oxygen atoms in total. The zero-order valence-electron chi connectivity index (χ0n) is 11.3. The number of fused-ring (bicyclic) bond motifs is 1. The topological polar surface area (TPSA) is 92.9 Å². The maximum absolute atomic E-state index is 12.0. The van der Waals surface area contributed by atoms with Gasteiger partial charge in [0.25, 0.3) is 5.56 Å². The highest BCUT2D eigenvalue weighted by molar-refractivity contribution is 7.99. The van der Waals surface area contributed by atoms with Crippen molar-refractivity contribution in [2.75, 3.05) is 12.4 Å². The third-order valence-electron chi connectivity index (χ3n) is 2.72. The Bertz CT molecular complexity index is 771. The van der Waals surface area contributed by atoms with Gasteiger partial charge in [0.1, 0.15) is 0 Å². The van der Waals surface area contributed by atoms with E-state index in [4.69, 9.17) is 5.11 Å². The van der Waals surface area contributed by atoms with E-state index in [2.05, 4.69) is 16.5 Å². The number of aliphatic hydroxyl groups is 1. The summed E-state index contributed by atoms with van der Waals surface area (Å²) in [6, 6.07) is 0. The van der Waals surface area contributed by atoms with E-state index in [1.165, 1.54) is 16.3 Å². The van der Waals surface area contributed by atoms with Crippen molar-refractivity contribution < 1.29 is 5.11 Å². The fourth-order valence-corrected chi connectivity index (χ4v) is 2.61. The van der Waals surface area contributed by atoms with Gasteiger partial charge in [-0.15, -0.1) is 0 Å². The Balaban J connectivity index is 2.75. The van der Waals surface area contributed by atoms with Crippen LogP contribution < -0.4 is 11.2 Å². The molecule has 0 bridgehead atoms. The Hall–Kier alpha value is -1.80. The van der Waals surface area contributed by atoms with Crippen LogP contribution in [-0.2, 0) is 13.6 Å². The first-order valence-electron chi connectivity index (χ1n) is 6.03. The number of nitrogens with zero attached hydrogens (tertiary/aromatic N) is 3. The summed E-state index contributed by atoms with van der Waals surface area (Å²) < 4.78 is 3.02. The second kappa shape index (κ2) is 5.68. The number of hydrogen-bond acceptors (Lipinski definition) is 5. The standard InChI is InChI=1S/C12H16N4O3S/c1-7(2)6-16-8-9(13-12(16)20-5-4-17)15(3)11(19)14-10(8)18/h17H,1,4-6H2,2-3H3,(H,14,18,19). The molecule has 0 spiro atoms. The Labute approximate surface area is 119 Å². The molecule has 0 saturated carbocycles. The lowest BCUT2D eigenvalue weighted by Crippen LogP contribution is -2.29. The first-order chi connectivity index (χ1) is 9.45. The number of aromatic amines is 1. The zero-order chi connectivity index (χ0) is 14.9. The molecule has 2 rings (SSSR count). The minimum atomic E-state index is -0.499. The van der Waals surface area contributed by atoms with E-state index in [-0.39, 0.29) is 6.61 Å². The lowest BCUT2D eigenvalue weighted by atomic mass is 10.3. The number of H-pyrrole nitrogens is 1. The van der Waals surface area contributed by atoms with E-state index in [9.17, 15) is 9.59 Å². The van der Waals surface area contributed by atoms with Gasteiger partial charge in [-0.1, -0.05) is 23.9 Å². The van der Waals surface area contributed by atoms with Gasteiger partial charge in [0.2, 0.25) is 0 Å². The van der Waals surface area contributed by atoms with Gasteiger partial charge < -0.3 is 9.67 Å². The minimum Gasteiger partial charge on any atom is -0.396 e. The van der Waals surface area contributed by atoms with Gasteiger partial charge in [0.05, 0.1) is 6.61 Å². The largest absolute Gasteiger partial charge is 0.396 e. The number of rotatable bonds is 5. The Kier molecular flexibility index (Phi) is 4.15. The molecule has 0 unspecified atom stereocenters. The first kappa shape index (κ1) is 14.6. The molecular formula is C12H16N4O3S. The smallest absolute Gasteiger partial charge is 0.329 e. The van der Waals surface area contributed by atoms with Gasteiger partial charge in [0.15, 0.2) is 16.3 Å². The highest BCUT2D eigenvalue weighted by atomic mass is 32.2. The van der Waals surface area contributed by atoms with Crippen LogP contribution in [0.3, 0.4) is 0 Å². The maximum atomic E-state index is 12.0. The predicted molar refractivity (Wildman–Crippen MR) is 78.2 cm³/mol. The quantitative estimate of drug-likeness (QED) is 0.602.